The Bertz CT molecular complexity index is 954. The molecule has 1 amide bonds. The van der Waals surface area contributed by atoms with E-state index in [1.54, 1.807) is 36.4 Å². The SMILES string of the molecule is CC1CCN(C(=O)COc2ccc(N(Cc3ccc(F)cc3)S(C)(=O)=O)cc2)CC1. The molecular formula is C22H27FN2O4S. The van der Waals surface area contributed by atoms with Crippen LogP contribution in [0.15, 0.2) is 48.5 Å². The summed E-state index contributed by atoms with van der Waals surface area (Å²) in [6.07, 6.45) is 3.14. The minimum Gasteiger partial charge on any atom is -0.484 e. The van der Waals surface area contributed by atoms with Gasteiger partial charge in [-0.05, 0) is 60.7 Å². The van der Waals surface area contributed by atoms with Crippen LogP contribution in [0.3, 0.4) is 0 Å². The molecule has 1 fully saturated rings. The lowest BCUT2D eigenvalue weighted by Crippen LogP contribution is -2.40. The van der Waals surface area contributed by atoms with E-state index in [9.17, 15) is 17.6 Å². The smallest absolute Gasteiger partial charge is 0.260 e. The van der Waals surface area contributed by atoms with Crippen molar-refractivity contribution in [2.75, 3.05) is 30.3 Å². The first kappa shape index (κ1) is 22.1. The standard InChI is InChI=1S/C22H27FN2O4S/c1-17-11-13-24(14-12-17)22(26)16-29-21-9-7-20(8-10-21)25(30(2,27)28)15-18-3-5-19(23)6-4-18/h3-10,17H,11-16H2,1-2H3. The second-order valence-corrected chi connectivity index (χ2v) is 9.65. The van der Waals surface area contributed by atoms with Crippen LogP contribution in [0, 0.1) is 11.7 Å². The number of ether oxygens (including phenoxy) is 1. The van der Waals surface area contributed by atoms with Gasteiger partial charge in [0.1, 0.15) is 11.6 Å². The Labute approximate surface area is 177 Å². The van der Waals surface area contributed by atoms with Crippen LogP contribution in [0.1, 0.15) is 25.3 Å². The van der Waals surface area contributed by atoms with E-state index < -0.39 is 10.0 Å². The highest BCUT2D eigenvalue weighted by Crippen LogP contribution is 2.24. The third kappa shape index (κ3) is 5.95. The van der Waals surface area contributed by atoms with Gasteiger partial charge < -0.3 is 9.64 Å². The van der Waals surface area contributed by atoms with E-state index in [4.69, 9.17) is 4.74 Å². The molecule has 0 aliphatic carbocycles. The Balaban J connectivity index is 1.63. The number of amides is 1. The van der Waals surface area contributed by atoms with Crippen molar-refractivity contribution in [2.24, 2.45) is 5.92 Å². The maximum Gasteiger partial charge on any atom is 0.260 e. The number of benzene rings is 2. The number of likely N-dealkylation sites (tertiary alicyclic amines) is 1. The Morgan fingerprint density at radius 1 is 1.10 bits per heavy atom. The van der Waals surface area contributed by atoms with Crippen molar-refractivity contribution >= 4 is 21.6 Å². The van der Waals surface area contributed by atoms with Crippen molar-refractivity contribution in [3.05, 3.63) is 59.9 Å². The molecule has 0 atom stereocenters. The summed E-state index contributed by atoms with van der Waals surface area (Å²) >= 11 is 0. The number of halogens is 1. The van der Waals surface area contributed by atoms with Crippen molar-refractivity contribution < 1.29 is 22.3 Å². The molecule has 0 saturated carbocycles. The minimum atomic E-state index is -3.55. The van der Waals surface area contributed by atoms with Crippen molar-refractivity contribution in [3.8, 4) is 5.75 Å². The quantitative estimate of drug-likeness (QED) is 0.670. The molecule has 30 heavy (non-hydrogen) atoms. The molecule has 0 N–H and O–H groups in total. The van der Waals surface area contributed by atoms with Gasteiger partial charge in [0.25, 0.3) is 5.91 Å². The Kier molecular flexibility index (Phi) is 6.97. The fourth-order valence-corrected chi connectivity index (χ4v) is 4.25. The van der Waals surface area contributed by atoms with E-state index in [2.05, 4.69) is 6.92 Å². The van der Waals surface area contributed by atoms with Gasteiger partial charge in [-0.25, -0.2) is 12.8 Å². The highest BCUT2D eigenvalue weighted by Gasteiger charge is 2.21. The van der Waals surface area contributed by atoms with Crippen LogP contribution >= 0.6 is 0 Å². The molecule has 162 valence electrons. The molecule has 0 unspecified atom stereocenters. The van der Waals surface area contributed by atoms with Crippen LogP contribution in [0.5, 0.6) is 5.75 Å². The van der Waals surface area contributed by atoms with Crippen molar-refractivity contribution in [1.82, 2.24) is 4.90 Å². The summed E-state index contributed by atoms with van der Waals surface area (Å²) in [6, 6.07) is 12.3. The van der Waals surface area contributed by atoms with Gasteiger partial charge in [0.15, 0.2) is 6.61 Å². The van der Waals surface area contributed by atoms with Crippen molar-refractivity contribution in [3.63, 3.8) is 0 Å². The van der Waals surface area contributed by atoms with Gasteiger partial charge in [0.05, 0.1) is 18.5 Å². The Morgan fingerprint density at radius 3 is 2.27 bits per heavy atom. The molecule has 6 nitrogen and oxygen atoms in total. The number of hydrogen-bond acceptors (Lipinski definition) is 4. The number of piperidine rings is 1. The third-order valence-corrected chi connectivity index (χ3v) is 6.40. The second-order valence-electron chi connectivity index (χ2n) is 7.74. The maximum absolute atomic E-state index is 13.1. The summed E-state index contributed by atoms with van der Waals surface area (Å²) in [5.74, 6) is 0.725. The fraction of sp³-hybridized carbons (Fsp3) is 0.409. The molecule has 1 saturated heterocycles. The number of hydrogen-bond donors (Lipinski definition) is 0. The van der Waals surface area contributed by atoms with Crippen LogP contribution < -0.4 is 9.04 Å². The van der Waals surface area contributed by atoms with Gasteiger partial charge in [-0.2, -0.15) is 0 Å². The van der Waals surface area contributed by atoms with E-state index in [0.717, 1.165) is 32.2 Å². The summed E-state index contributed by atoms with van der Waals surface area (Å²) in [5.41, 5.74) is 1.13. The zero-order valence-electron chi connectivity index (χ0n) is 17.3. The molecule has 0 radical (unpaired) electrons. The zero-order valence-corrected chi connectivity index (χ0v) is 18.1. The average Bonchev–Trinajstić information content (AvgIpc) is 2.72. The number of anilines is 1. The molecule has 1 aliphatic rings. The van der Waals surface area contributed by atoms with Crippen molar-refractivity contribution in [1.29, 1.82) is 0 Å². The molecule has 3 rings (SSSR count). The predicted molar refractivity (Wildman–Crippen MR) is 114 cm³/mol. The van der Waals surface area contributed by atoms with Gasteiger partial charge >= 0.3 is 0 Å². The van der Waals surface area contributed by atoms with Gasteiger partial charge in [-0.3, -0.25) is 9.10 Å². The number of carbonyl (C=O) groups excluding carboxylic acids is 1. The van der Waals surface area contributed by atoms with E-state index in [-0.39, 0.29) is 24.9 Å². The molecule has 0 aromatic heterocycles. The number of rotatable bonds is 7. The summed E-state index contributed by atoms with van der Waals surface area (Å²) in [6.45, 7) is 3.75. The highest BCUT2D eigenvalue weighted by molar-refractivity contribution is 7.92. The van der Waals surface area contributed by atoms with Crippen LogP contribution in [0.2, 0.25) is 0 Å². The summed E-state index contributed by atoms with van der Waals surface area (Å²) in [7, 11) is -3.55. The highest BCUT2D eigenvalue weighted by atomic mass is 32.2. The molecule has 2 aromatic carbocycles. The van der Waals surface area contributed by atoms with Crippen molar-refractivity contribution in [2.45, 2.75) is 26.3 Å². The zero-order chi connectivity index (χ0) is 21.7. The van der Waals surface area contributed by atoms with E-state index >= 15 is 0 Å². The monoisotopic (exact) mass is 434 g/mol. The number of sulfonamides is 1. The van der Waals surface area contributed by atoms with Crippen LogP contribution in [-0.2, 0) is 21.4 Å². The van der Waals surface area contributed by atoms with Gasteiger partial charge in [-0.15, -0.1) is 0 Å². The summed E-state index contributed by atoms with van der Waals surface area (Å²) in [5, 5.41) is 0. The first-order valence-corrected chi connectivity index (χ1v) is 11.8. The van der Waals surface area contributed by atoms with Gasteiger partial charge in [-0.1, -0.05) is 19.1 Å². The molecular weight excluding hydrogens is 407 g/mol. The third-order valence-electron chi connectivity index (χ3n) is 5.26. The predicted octanol–water partition coefficient (Wildman–Crippen LogP) is 3.43. The minimum absolute atomic E-state index is 0.0416. The van der Waals surface area contributed by atoms with Gasteiger partial charge in [0, 0.05) is 13.1 Å². The Hall–Kier alpha value is -2.61. The molecule has 0 spiro atoms. The summed E-state index contributed by atoms with van der Waals surface area (Å²) in [4.78, 5) is 14.1. The second kappa shape index (κ2) is 9.47. The molecule has 2 aromatic rings. The fourth-order valence-electron chi connectivity index (χ4n) is 3.36. The van der Waals surface area contributed by atoms with Crippen LogP contribution in [0.4, 0.5) is 10.1 Å². The van der Waals surface area contributed by atoms with Crippen LogP contribution in [0.25, 0.3) is 0 Å². The molecule has 1 heterocycles. The number of carbonyl (C=O) groups is 1. The number of nitrogens with zero attached hydrogens (tertiary/aromatic N) is 2. The lowest BCUT2D eigenvalue weighted by atomic mass is 9.99. The molecule has 0 bridgehead atoms. The van der Waals surface area contributed by atoms with Gasteiger partial charge in [0.2, 0.25) is 10.0 Å². The topological polar surface area (TPSA) is 66.9 Å². The van der Waals surface area contributed by atoms with E-state index in [1.165, 1.54) is 16.4 Å². The van der Waals surface area contributed by atoms with Crippen LogP contribution in [-0.4, -0.2) is 45.2 Å². The normalized spacial score (nSPS) is 15.1. The lowest BCUT2D eigenvalue weighted by Gasteiger charge is -2.30. The molecule has 1 aliphatic heterocycles. The average molecular weight is 435 g/mol. The van der Waals surface area contributed by atoms with E-state index in [0.29, 0.717) is 22.9 Å². The largest absolute Gasteiger partial charge is 0.484 e. The first-order chi connectivity index (χ1) is 14.2. The summed E-state index contributed by atoms with van der Waals surface area (Å²) < 4.78 is 44.5. The van der Waals surface area contributed by atoms with E-state index in [1.807, 2.05) is 4.90 Å². The molecule has 8 heteroatoms. The Morgan fingerprint density at radius 2 is 1.70 bits per heavy atom. The lowest BCUT2D eigenvalue weighted by molar-refractivity contribution is -0.134. The first-order valence-electron chi connectivity index (χ1n) is 9.95. The maximum atomic E-state index is 13.1.